The first-order valence-electron chi connectivity index (χ1n) is 6.16. The van der Waals surface area contributed by atoms with Crippen LogP contribution in [0.2, 0.25) is 0 Å². The number of aliphatic hydroxyl groups is 1. The van der Waals surface area contributed by atoms with E-state index in [-0.39, 0.29) is 6.10 Å². The number of ether oxygens (including phenoxy) is 1. The number of hydrogen-bond acceptors (Lipinski definition) is 4. The van der Waals surface area contributed by atoms with E-state index in [1.165, 1.54) is 0 Å². The third-order valence-corrected chi connectivity index (χ3v) is 2.35. The zero-order valence-electron chi connectivity index (χ0n) is 11.1. The largest absolute Gasteiger partial charge is 0.478 e. The van der Waals surface area contributed by atoms with Gasteiger partial charge in [-0.3, -0.25) is 0 Å². The normalized spacial score (nSPS) is 12.8. The molecule has 1 N–H and O–H groups in total. The molecular formula is C13H22N2O2. The summed E-state index contributed by atoms with van der Waals surface area (Å²) in [6.45, 7) is 8.54. The molecule has 1 aromatic heterocycles. The predicted molar refractivity (Wildman–Crippen MR) is 67.1 cm³/mol. The van der Waals surface area contributed by atoms with E-state index in [1.807, 2.05) is 13.8 Å². The molecule has 0 bridgehead atoms. The summed E-state index contributed by atoms with van der Waals surface area (Å²) in [4.78, 5) is 8.49. The summed E-state index contributed by atoms with van der Waals surface area (Å²) < 4.78 is 5.36. The van der Waals surface area contributed by atoms with E-state index in [1.54, 1.807) is 6.07 Å². The highest BCUT2D eigenvalue weighted by Crippen LogP contribution is 2.14. The lowest BCUT2D eigenvalue weighted by atomic mass is 10.0. The first kappa shape index (κ1) is 13.9. The van der Waals surface area contributed by atoms with Gasteiger partial charge in [0.25, 0.3) is 0 Å². The average Bonchev–Trinajstić information content (AvgIpc) is 2.14. The van der Waals surface area contributed by atoms with E-state index >= 15 is 0 Å². The van der Waals surface area contributed by atoms with Gasteiger partial charge < -0.3 is 9.84 Å². The Hall–Kier alpha value is -1.16. The van der Waals surface area contributed by atoms with E-state index in [2.05, 4.69) is 23.8 Å². The topological polar surface area (TPSA) is 55.2 Å². The number of nitrogens with zero attached hydrogens (tertiary/aromatic N) is 2. The molecule has 1 aromatic rings. The van der Waals surface area contributed by atoms with Crippen molar-refractivity contribution in [2.75, 3.05) is 6.61 Å². The quantitative estimate of drug-likeness (QED) is 0.825. The zero-order valence-corrected chi connectivity index (χ0v) is 11.1. The maximum atomic E-state index is 9.88. The Morgan fingerprint density at radius 2 is 2.06 bits per heavy atom. The fourth-order valence-corrected chi connectivity index (χ4v) is 1.79. The summed E-state index contributed by atoms with van der Waals surface area (Å²) in [6.07, 6.45) is 0.994. The van der Waals surface area contributed by atoms with Gasteiger partial charge in [0.15, 0.2) is 0 Å². The van der Waals surface area contributed by atoms with Crippen molar-refractivity contribution in [1.29, 1.82) is 0 Å². The Bertz CT molecular complexity index is 353. The van der Waals surface area contributed by atoms with Crippen molar-refractivity contribution in [1.82, 2.24) is 9.97 Å². The summed E-state index contributed by atoms with van der Waals surface area (Å²) in [5.41, 5.74) is 0.842. The predicted octanol–water partition coefficient (Wildman–Crippen LogP) is 2.13. The summed E-state index contributed by atoms with van der Waals surface area (Å²) >= 11 is 0. The van der Waals surface area contributed by atoms with E-state index in [4.69, 9.17) is 4.74 Å². The number of hydrogen-bond donors (Lipinski definition) is 1. The van der Waals surface area contributed by atoms with Crippen LogP contribution in [0.15, 0.2) is 6.07 Å². The van der Waals surface area contributed by atoms with Crippen LogP contribution >= 0.6 is 0 Å². The third kappa shape index (κ3) is 5.13. The number of aromatic nitrogens is 2. The van der Waals surface area contributed by atoms with Gasteiger partial charge in [-0.2, -0.15) is 4.98 Å². The van der Waals surface area contributed by atoms with Crippen LogP contribution in [0, 0.1) is 12.8 Å². The highest BCUT2D eigenvalue weighted by atomic mass is 16.5. The standard InChI is InChI=1S/C13H22N2O2/c1-5-17-13-8-11(14-10(4)15-13)7-12(16)6-9(2)3/h8-9,12,16H,5-7H2,1-4H3. The lowest BCUT2D eigenvalue weighted by molar-refractivity contribution is 0.148. The van der Waals surface area contributed by atoms with Crippen LogP contribution in [0.3, 0.4) is 0 Å². The van der Waals surface area contributed by atoms with E-state index in [0.29, 0.717) is 30.7 Å². The number of aliphatic hydroxyl groups excluding tert-OH is 1. The van der Waals surface area contributed by atoms with Crippen molar-refractivity contribution < 1.29 is 9.84 Å². The Morgan fingerprint density at radius 1 is 1.35 bits per heavy atom. The minimum Gasteiger partial charge on any atom is -0.478 e. The van der Waals surface area contributed by atoms with Gasteiger partial charge in [-0.15, -0.1) is 0 Å². The monoisotopic (exact) mass is 238 g/mol. The molecule has 0 aliphatic carbocycles. The maximum Gasteiger partial charge on any atom is 0.216 e. The fraction of sp³-hybridized carbons (Fsp3) is 0.692. The second-order valence-corrected chi connectivity index (χ2v) is 4.67. The Kier molecular flexibility index (Phi) is 5.35. The number of aryl methyl sites for hydroxylation is 1. The average molecular weight is 238 g/mol. The lowest BCUT2D eigenvalue weighted by Gasteiger charge is -2.13. The fourth-order valence-electron chi connectivity index (χ4n) is 1.79. The molecular weight excluding hydrogens is 216 g/mol. The molecule has 1 atom stereocenters. The third-order valence-electron chi connectivity index (χ3n) is 2.35. The van der Waals surface area contributed by atoms with Gasteiger partial charge in [-0.25, -0.2) is 4.98 Å². The van der Waals surface area contributed by atoms with Crippen molar-refractivity contribution in [2.24, 2.45) is 5.92 Å². The molecule has 1 rings (SSSR count). The zero-order chi connectivity index (χ0) is 12.8. The maximum absolute atomic E-state index is 9.88. The minimum atomic E-state index is -0.348. The molecule has 0 spiro atoms. The molecule has 4 nitrogen and oxygen atoms in total. The van der Waals surface area contributed by atoms with Crippen LogP contribution < -0.4 is 4.74 Å². The van der Waals surface area contributed by atoms with Crippen molar-refractivity contribution >= 4 is 0 Å². The molecule has 0 aromatic carbocycles. The van der Waals surface area contributed by atoms with E-state index in [9.17, 15) is 5.11 Å². The van der Waals surface area contributed by atoms with Crippen molar-refractivity contribution in [2.45, 2.75) is 46.6 Å². The molecule has 0 saturated carbocycles. The molecule has 0 radical (unpaired) electrons. The van der Waals surface area contributed by atoms with Crippen LogP contribution in [-0.2, 0) is 6.42 Å². The van der Waals surface area contributed by atoms with Crippen molar-refractivity contribution in [3.05, 3.63) is 17.6 Å². The molecule has 0 saturated heterocycles. The Morgan fingerprint density at radius 3 is 2.65 bits per heavy atom. The molecule has 17 heavy (non-hydrogen) atoms. The van der Waals surface area contributed by atoms with Gasteiger partial charge in [0, 0.05) is 12.5 Å². The minimum absolute atomic E-state index is 0.348. The van der Waals surface area contributed by atoms with Gasteiger partial charge in [-0.05, 0) is 26.2 Å². The second kappa shape index (κ2) is 6.55. The summed E-state index contributed by atoms with van der Waals surface area (Å²) in [6, 6.07) is 1.81. The summed E-state index contributed by atoms with van der Waals surface area (Å²) in [5.74, 6) is 1.76. The molecule has 1 heterocycles. The smallest absolute Gasteiger partial charge is 0.216 e. The van der Waals surface area contributed by atoms with Crippen LogP contribution in [0.25, 0.3) is 0 Å². The molecule has 0 fully saturated rings. The van der Waals surface area contributed by atoms with E-state index in [0.717, 1.165) is 12.1 Å². The first-order chi connectivity index (χ1) is 8.01. The highest BCUT2D eigenvalue weighted by Gasteiger charge is 2.11. The van der Waals surface area contributed by atoms with Gasteiger partial charge in [0.1, 0.15) is 5.82 Å². The van der Waals surface area contributed by atoms with Gasteiger partial charge >= 0.3 is 0 Å². The molecule has 96 valence electrons. The van der Waals surface area contributed by atoms with Crippen LogP contribution in [0.4, 0.5) is 0 Å². The molecule has 0 amide bonds. The molecule has 1 unspecified atom stereocenters. The van der Waals surface area contributed by atoms with Gasteiger partial charge in [0.05, 0.1) is 18.4 Å². The molecule has 0 aliphatic heterocycles. The SMILES string of the molecule is CCOc1cc(CC(O)CC(C)C)nc(C)n1. The van der Waals surface area contributed by atoms with Crippen LogP contribution in [0.1, 0.15) is 38.7 Å². The molecule has 4 heteroatoms. The Balaban J connectivity index is 2.69. The second-order valence-electron chi connectivity index (χ2n) is 4.67. The van der Waals surface area contributed by atoms with Crippen molar-refractivity contribution in [3.8, 4) is 5.88 Å². The highest BCUT2D eigenvalue weighted by molar-refractivity contribution is 5.16. The van der Waals surface area contributed by atoms with E-state index < -0.39 is 0 Å². The van der Waals surface area contributed by atoms with Crippen molar-refractivity contribution in [3.63, 3.8) is 0 Å². The Labute approximate surface area is 103 Å². The summed E-state index contributed by atoms with van der Waals surface area (Å²) in [5, 5.41) is 9.88. The lowest BCUT2D eigenvalue weighted by Crippen LogP contribution is -2.15. The van der Waals surface area contributed by atoms with Gasteiger partial charge in [-0.1, -0.05) is 13.8 Å². The van der Waals surface area contributed by atoms with Crippen LogP contribution in [0.5, 0.6) is 5.88 Å². The molecule has 0 aliphatic rings. The number of rotatable bonds is 6. The summed E-state index contributed by atoms with van der Waals surface area (Å²) in [7, 11) is 0. The van der Waals surface area contributed by atoms with Gasteiger partial charge in [0.2, 0.25) is 5.88 Å². The first-order valence-corrected chi connectivity index (χ1v) is 6.16. The van der Waals surface area contributed by atoms with Crippen LogP contribution in [-0.4, -0.2) is 27.8 Å².